The second-order valence-corrected chi connectivity index (χ2v) is 5.86. The average Bonchev–Trinajstić information content (AvgIpc) is 1.95. The van der Waals surface area contributed by atoms with Gasteiger partial charge >= 0.3 is 0 Å². The Hall–Kier alpha value is 0.830. The van der Waals surface area contributed by atoms with E-state index in [9.17, 15) is 0 Å². The highest BCUT2D eigenvalue weighted by Gasteiger charge is 2.24. The molecule has 0 N–H and O–H groups in total. The predicted molar refractivity (Wildman–Crippen MR) is 57.1 cm³/mol. The van der Waals surface area contributed by atoms with Crippen LogP contribution >= 0.6 is 25.0 Å². The largest absolute Gasteiger partial charge is 0.0833 e. The monoisotopic (exact) mass is 236 g/mol. The lowest BCUT2D eigenvalue weighted by Gasteiger charge is -2.31. The fraction of sp³-hybridized carbons (Fsp3) is 1.00. The summed E-state index contributed by atoms with van der Waals surface area (Å²) in [6.07, 6.45) is 4.34. The highest BCUT2D eigenvalue weighted by Crippen LogP contribution is 2.36. The van der Waals surface area contributed by atoms with Gasteiger partial charge in [0.15, 0.2) is 0 Å². The van der Waals surface area contributed by atoms with Crippen molar-refractivity contribution < 1.29 is 0 Å². The van der Waals surface area contributed by atoms with E-state index in [1.54, 1.807) is 0 Å². The molecule has 3 unspecified atom stereocenters. The Morgan fingerprint density at radius 1 is 1.36 bits per heavy atom. The molecule has 0 spiro atoms. The van der Waals surface area contributed by atoms with Gasteiger partial charge in [-0.2, -0.15) is 0 Å². The minimum atomic E-state index is 0.948. The van der Waals surface area contributed by atoms with Gasteiger partial charge < -0.3 is 0 Å². The van der Waals surface area contributed by atoms with E-state index >= 15 is 0 Å². The van der Waals surface area contributed by atoms with Gasteiger partial charge in [0.05, 0.1) is 0 Å². The maximum absolute atomic E-state index is 3.44. The first-order valence-electron chi connectivity index (χ1n) is 4.47. The van der Waals surface area contributed by atoms with Crippen molar-refractivity contribution in [2.45, 2.75) is 33.1 Å². The molecule has 0 aromatic carbocycles. The zero-order valence-corrected chi connectivity index (χ0v) is 9.75. The third-order valence-electron chi connectivity index (χ3n) is 2.89. The molecule has 0 aromatic heterocycles. The summed E-state index contributed by atoms with van der Waals surface area (Å²) in [6, 6.07) is 0. The first-order chi connectivity index (χ1) is 5.24. The Bertz CT molecular complexity index is 116. The van der Waals surface area contributed by atoms with Crippen LogP contribution in [0.2, 0.25) is 0 Å². The van der Waals surface area contributed by atoms with Crippen LogP contribution in [0.1, 0.15) is 33.1 Å². The molecule has 0 bridgehead atoms. The van der Waals surface area contributed by atoms with E-state index in [0.717, 1.165) is 17.8 Å². The van der Waals surface area contributed by atoms with Crippen LogP contribution in [0.5, 0.6) is 0 Å². The van der Waals surface area contributed by atoms with Gasteiger partial charge in [-0.25, -0.2) is 0 Å². The maximum atomic E-state index is 3.44. The summed E-state index contributed by atoms with van der Waals surface area (Å²) >= 11 is 3.44. The van der Waals surface area contributed by atoms with Crippen LogP contribution in [-0.2, 0) is 0 Å². The number of halogens is 1. The fourth-order valence-corrected chi connectivity index (χ4v) is 3.73. The molecule has 66 valence electrons. The van der Waals surface area contributed by atoms with Gasteiger partial charge in [0, 0.05) is 5.75 Å². The standard InChI is InChI=1S/C9H17BrS/c1-7-3-4-9(6-11-10)8(2)5-7/h7-9H,3-6H2,1-2H3. The van der Waals surface area contributed by atoms with E-state index in [-0.39, 0.29) is 0 Å². The molecular formula is C9H17BrS. The van der Waals surface area contributed by atoms with Crippen LogP contribution in [0.25, 0.3) is 0 Å². The smallest absolute Gasteiger partial charge is 0.00734 e. The average molecular weight is 237 g/mol. The minimum absolute atomic E-state index is 0.948. The van der Waals surface area contributed by atoms with Gasteiger partial charge in [0.25, 0.3) is 0 Å². The van der Waals surface area contributed by atoms with Gasteiger partial charge in [-0.15, -0.1) is 0 Å². The van der Waals surface area contributed by atoms with Gasteiger partial charge in [-0.05, 0) is 45.4 Å². The highest BCUT2D eigenvalue weighted by molar-refractivity contribution is 9.50. The third kappa shape index (κ3) is 2.98. The molecule has 0 nitrogen and oxygen atoms in total. The quantitative estimate of drug-likeness (QED) is 0.696. The van der Waals surface area contributed by atoms with Crippen molar-refractivity contribution in [1.82, 2.24) is 0 Å². The van der Waals surface area contributed by atoms with E-state index in [1.807, 2.05) is 10.2 Å². The van der Waals surface area contributed by atoms with Crippen molar-refractivity contribution in [3.63, 3.8) is 0 Å². The molecular weight excluding hydrogens is 220 g/mol. The zero-order chi connectivity index (χ0) is 8.27. The molecule has 0 radical (unpaired) electrons. The van der Waals surface area contributed by atoms with Crippen molar-refractivity contribution in [3.8, 4) is 0 Å². The molecule has 11 heavy (non-hydrogen) atoms. The molecule has 0 amide bonds. The van der Waals surface area contributed by atoms with Crippen molar-refractivity contribution >= 4 is 25.0 Å². The normalized spacial score (nSPS) is 39.0. The molecule has 2 heteroatoms. The molecule has 0 saturated heterocycles. The summed E-state index contributed by atoms with van der Waals surface area (Å²) in [7, 11) is 1.83. The molecule has 1 aliphatic rings. The van der Waals surface area contributed by atoms with Crippen LogP contribution in [0, 0.1) is 17.8 Å². The molecule has 1 fully saturated rings. The number of hydrogen-bond acceptors (Lipinski definition) is 1. The molecule has 1 rings (SSSR count). The Labute approximate surface area is 81.7 Å². The summed E-state index contributed by atoms with van der Waals surface area (Å²) in [5, 5.41) is 0. The summed E-state index contributed by atoms with van der Waals surface area (Å²) < 4.78 is 0. The van der Waals surface area contributed by atoms with E-state index in [2.05, 4.69) is 28.7 Å². The van der Waals surface area contributed by atoms with Crippen LogP contribution in [0.3, 0.4) is 0 Å². The van der Waals surface area contributed by atoms with Crippen molar-refractivity contribution in [2.24, 2.45) is 17.8 Å². The van der Waals surface area contributed by atoms with Gasteiger partial charge in [-0.1, -0.05) is 30.5 Å². The summed E-state index contributed by atoms with van der Waals surface area (Å²) in [4.78, 5) is 0. The Kier molecular flexibility index (Phi) is 4.29. The minimum Gasteiger partial charge on any atom is -0.0833 e. The summed E-state index contributed by atoms with van der Waals surface area (Å²) in [5.41, 5.74) is 0. The van der Waals surface area contributed by atoms with Crippen molar-refractivity contribution in [1.29, 1.82) is 0 Å². The highest BCUT2D eigenvalue weighted by atomic mass is 79.9. The molecule has 3 atom stereocenters. The number of hydrogen-bond donors (Lipinski definition) is 0. The molecule has 1 saturated carbocycles. The summed E-state index contributed by atoms with van der Waals surface area (Å²) in [6.45, 7) is 4.79. The van der Waals surface area contributed by atoms with E-state index < -0.39 is 0 Å². The zero-order valence-electron chi connectivity index (χ0n) is 7.35. The van der Waals surface area contributed by atoms with Crippen molar-refractivity contribution in [3.05, 3.63) is 0 Å². The lowest BCUT2D eigenvalue weighted by molar-refractivity contribution is 0.224. The third-order valence-corrected chi connectivity index (χ3v) is 4.23. The van der Waals surface area contributed by atoms with E-state index in [0.29, 0.717) is 0 Å². The van der Waals surface area contributed by atoms with Crippen molar-refractivity contribution in [2.75, 3.05) is 5.75 Å². The van der Waals surface area contributed by atoms with Crippen LogP contribution in [0.15, 0.2) is 0 Å². The molecule has 1 aliphatic carbocycles. The van der Waals surface area contributed by atoms with Crippen LogP contribution < -0.4 is 0 Å². The Morgan fingerprint density at radius 3 is 2.64 bits per heavy atom. The topological polar surface area (TPSA) is 0 Å². The number of rotatable bonds is 2. The summed E-state index contributed by atoms with van der Waals surface area (Å²) in [5.74, 6) is 4.19. The fourth-order valence-electron chi connectivity index (χ4n) is 2.06. The van der Waals surface area contributed by atoms with Gasteiger partial charge in [0.1, 0.15) is 0 Å². The van der Waals surface area contributed by atoms with Gasteiger partial charge in [0.2, 0.25) is 0 Å². The second kappa shape index (κ2) is 4.76. The van der Waals surface area contributed by atoms with Crippen LogP contribution in [-0.4, -0.2) is 5.75 Å². The maximum Gasteiger partial charge on any atom is 0.00734 e. The Morgan fingerprint density at radius 2 is 2.09 bits per heavy atom. The Balaban J connectivity index is 2.31. The first-order valence-corrected chi connectivity index (χ1v) is 7.30. The molecule has 0 aromatic rings. The van der Waals surface area contributed by atoms with E-state index in [1.165, 1.54) is 25.0 Å². The molecule has 0 aliphatic heterocycles. The van der Waals surface area contributed by atoms with E-state index in [4.69, 9.17) is 0 Å². The lowest BCUT2D eigenvalue weighted by Crippen LogP contribution is -2.22. The second-order valence-electron chi connectivity index (χ2n) is 3.93. The van der Waals surface area contributed by atoms with Gasteiger partial charge in [-0.3, -0.25) is 0 Å². The first kappa shape index (κ1) is 9.91. The lowest BCUT2D eigenvalue weighted by atomic mass is 9.76. The molecule has 0 heterocycles. The predicted octanol–water partition coefficient (Wildman–Crippen LogP) is 4.10. The SMILES string of the molecule is CC1CCC(CSBr)C(C)C1. The van der Waals surface area contributed by atoms with Crippen LogP contribution in [0.4, 0.5) is 0 Å².